The predicted molar refractivity (Wildman–Crippen MR) is 88.1 cm³/mol. The van der Waals surface area contributed by atoms with Gasteiger partial charge in [-0.25, -0.2) is 0 Å². The molecule has 1 atom stereocenters. The number of hydrogen-bond donors (Lipinski definition) is 1. The van der Waals surface area contributed by atoms with Crippen LogP contribution in [0.4, 0.5) is 0 Å². The fourth-order valence-electron chi connectivity index (χ4n) is 4.15. The molecule has 1 heterocycles. The molecule has 1 saturated carbocycles. The highest BCUT2D eigenvalue weighted by atomic mass is 15.1. The molecule has 0 aromatic rings. The van der Waals surface area contributed by atoms with Crippen molar-refractivity contribution in [2.75, 3.05) is 26.2 Å². The van der Waals surface area contributed by atoms with Crippen molar-refractivity contribution >= 4 is 0 Å². The molecular weight excluding hydrogens is 244 g/mol. The van der Waals surface area contributed by atoms with Gasteiger partial charge in [0.05, 0.1) is 0 Å². The average Bonchev–Trinajstić information content (AvgIpc) is 2.47. The zero-order chi connectivity index (χ0) is 14.4. The van der Waals surface area contributed by atoms with Gasteiger partial charge in [-0.3, -0.25) is 0 Å². The molecule has 1 aliphatic heterocycles. The predicted octanol–water partition coefficient (Wildman–Crippen LogP) is 4.06. The highest BCUT2D eigenvalue weighted by Crippen LogP contribution is 2.35. The van der Waals surface area contributed by atoms with Crippen molar-refractivity contribution in [3.8, 4) is 0 Å². The fourth-order valence-corrected chi connectivity index (χ4v) is 4.15. The van der Waals surface area contributed by atoms with Crippen molar-refractivity contribution in [1.29, 1.82) is 0 Å². The quantitative estimate of drug-likeness (QED) is 0.789. The van der Waals surface area contributed by atoms with Crippen LogP contribution in [0.2, 0.25) is 0 Å². The minimum Gasteiger partial charge on any atom is -0.313 e. The van der Waals surface area contributed by atoms with Crippen LogP contribution in [0.1, 0.15) is 72.1 Å². The molecule has 1 unspecified atom stereocenters. The van der Waals surface area contributed by atoms with Gasteiger partial charge in [0.15, 0.2) is 0 Å². The Labute approximate surface area is 126 Å². The molecule has 2 aliphatic rings. The van der Waals surface area contributed by atoms with Crippen molar-refractivity contribution in [2.45, 2.75) is 78.2 Å². The standard InChI is InChI=1S/C18H36N2/c1-4-12-20-13-8-17(9-14-20)16(2)19-15-18(3)10-6-5-7-11-18/h16-17,19H,4-15H2,1-3H3. The summed E-state index contributed by atoms with van der Waals surface area (Å²) in [7, 11) is 0. The van der Waals surface area contributed by atoms with Gasteiger partial charge in [0.1, 0.15) is 0 Å². The number of hydrogen-bond acceptors (Lipinski definition) is 2. The molecule has 2 rings (SSSR count). The van der Waals surface area contributed by atoms with E-state index in [0.717, 1.165) is 5.92 Å². The van der Waals surface area contributed by atoms with Crippen LogP contribution in [0.5, 0.6) is 0 Å². The van der Waals surface area contributed by atoms with Gasteiger partial charge in [0.2, 0.25) is 0 Å². The summed E-state index contributed by atoms with van der Waals surface area (Å²) < 4.78 is 0. The monoisotopic (exact) mass is 280 g/mol. The molecule has 0 aromatic heterocycles. The SMILES string of the molecule is CCCN1CCC(C(C)NCC2(C)CCCCC2)CC1. The number of nitrogens with one attached hydrogen (secondary N) is 1. The molecule has 1 aliphatic carbocycles. The Morgan fingerprint density at radius 3 is 2.40 bits per heavy atom. The van der Waals surface area contributed by atoms with Crippen LogP contribution in [-0.2, 0) is 0 Å². The molecule has 118 valence electrons. The highest BCUT2D eigenvalue weighted by molar-refractivity contribution is 4.85. The van der Waals surface area contributed by atoms with E-state index in [1.165, 1.54) is 77.5 Å². The van der Waals surface area contributed by atoms with Crippen LogP contribution < -0.4 is 5.32 Å². The summed E-state index contributed by atoms with van der Waals surface area (Å²) in [5, 5.41) is 3.89. The first-order valence-corrected chi connectivity index (χ1v) is 9.09. The van der Waals surface area contributed by atoms with E-state index in [4.69, 9.17) is 0 Å². The Morgan fingerprint density at radius 2 is 1.80 bits per heavy atom. The highest BCUT2D eigenvalue weighted by Gasteiger charge is 2.29. The second-order valence-corrected chi connectivity index (χ2v) is 7.72. The Morgan fingerprint density at radius 1 is 1.15 bits per heavy atom. The smallest absolute Gasteiger partial charge is 0.00681 e. The second-order valence-electron chi connectivity index (χ2n) is 7.72. The van der Waals surface area contributed by atoms with Crippen LogP contribution in [0.25, 0.3) is 0 Å². The first-order chi connectivity index (χ1) is 9.63. The first-order valence-electron chi connectivity index (χ1n) is 9.09. The Bertz CT molecular complexity index is 263. The van der Waals surface area contributed by atoms with Crippen molar-refractivity contribution in [3.63, 3.8) is 0 Å². The van der Waals surface area contributed by atoms with Crippen LogP contribution in [0.3, 0.4) is 0 Å². The summed E-state index contributed by atoms with van der Waals surface area (Å²) in [5.74, 6) is 0.898. The van der Waals surface area contributed by atoms with E-state index in [-0.39, 0.29) is 0 Å². The number of piperidine rings is 1. The maximum absolute atomic E-state index is 3.89. The van der Waals surface area contributed by atoms with Crippen molar-refractivity contribution in [3.05, 3.63) is 0 Å². The van der Waals surface area contributed by atoms with E-state index in [0.29, 0.717) is 11.5 Å². The topological polar surface area (TPSA) is 15.3 Å². The van der Waals surface area contributed by atoms with E-state index in [1.54, 1.807) is 0 Å². The third kappa shape index (κ3) is 4.73. The summed E-state index contributed by atoms with van der Waals surface area (Å²) in [4.78, 5) is 2.64. The molecule has 1 saturated heterocycles. The fraction of sp³-hybridized carbons (Fsp3) is 1.00. The summed E-state index contributed by atoms with van der Waals surface area (Å²) in [6.45, 7) is 12.4. The second kappa shape index (κ2) is 7.79. The van der Waals surface area contributed by atoms with E-state index < -0.39 is 0 Å². The largest absolute Gasteiger partial charge is 0.313 e. The van der Waals surface area contributed by atoms with Crippen molar-refractivity contribution in [2.24, 2.45) is 11.3 Å². The summed E-state index contributed by atoms with van der Waals surface area (Å²) in [6, 6.07) is 0.706. The normalized spacial score (nSPS) is 26.6. The summed E-state index contributed by atoms with van der Waals surface area (Å²) in [5.41, 5.74) is 0.579. The van der Waals surface area contributed by atoms with Crippen LogP contribution >= 0.6 is 0 Å². The minimum absolute atomic E-state index is 0.579. The first kappa shape index (κ1) is 16.3. The molecule has 1 N–H and O–H groups in total. The summed E-state index contributed by atoms with van der Waals surface area (Å²) in [6.07, 6.45) is 11.3. The molecule has 2 nitrogen and oxygen atoms in total. The van der Waals surface area contributed by atoms with Crippen molar-refractivity contribution < 1.29 is 0 Å². The van der Waals surface area contributed by atoms with Crippen LogP contribution in [0.15, 0.2) is 0 Å². The van der Waals surface area contributed by atoms with Crippen molar-refractivity contribution in [1.82, 2.24) is 10.2 Å². The molecule has 20 heavy (non-hydrogen) atoms. The Kier molecular flexibility index (Phi) is 6.35. The maximum Gasteiger partial charge on any atom is 0.00681 e. The molecule has 0 radical (unpaired) electrons. The molecule has 0 bridgehead atoms. The molecule has 0 amide bonds. The van der Waals surface area contributed by atoms with Gasteiger partial charge in [0.25, 0.3) is 0 Å². The Hall–Kier alpha value is -0.0800. The number of rotatable bonds is 6. The third-order valence-corrected chi connectivity index (χ3v) is 5.79. The van der Waals surface area contributed by atoms with Gasteiger partial charge in [-0.05, 0) is 70.0 Å². The van der Waals surface area contributed by atoms with Crippen LogP contribution in [-0.4, -0.2) is 37.1 Å². The third-order valence-electron chi connectivity index (χ3n) is 5.79. The zero-order valence-electron chi connectivity index (χ0n) is 14.1. The molecule has 0 spiro atoms. The average molecular weight is 280 g/mol. The molecular formula is C18H36N2. The lowest BCUT2D eigenvalue weighted by Crippen LogP contribution is -2.45. The van der Waals surface area contributed by atoms with Gasteiger partial charge in [-0.1, -0.05) is 33.1 Å². The lowest BCUT2D eigenvalue weighted by molar-refractivity contribution is 0.146. The zero-order valence-corrected chi connectivity index (χ0v) is 14.1. The molecule has 2 fully saturated rings. The number of nitrogens with zero attached hydrogens (tertiary/aromatic N) is 1. The van der Waals surface area contributed by atoms with Crippen LogP contribution in [0, 0.1) is 11.3 Å². The van der Waals surface area contributed by atoms with Gasteiger partial charge >= 0.3 is 0 Å². The summed E-state index contributed by atoms with van der Waals surface area (Å²) >= 11 is 0. The number of likely N-dealkylation sites (tertiary alicyclic amines) is 1. The van der Waals surface area contributed by atoms with Gasteiger partial charge in [0, 0.05) is 12.6 Å². The van der Waals surface area contributed by atoms with E-state index in [2.05, 4.69) is 31.0 Å². The Balaban J connectivity index is 1.68. The molecule has 2 heteroatoms. The maximum atomic E-state index is 3.89. The van der Waals surface area contributed by atoms with Gasteiger partial charge in [-0.2, -0.15) is 0 Å². The van der Waals surface area contributed by atoms with E-state index in [9.17, 15) is 0 Å². The van der Waals surface area contributed by atoms with Gasteiger partial charge in [-0.15, -0.1) is 0 Å². The lowest BCUT2D eigenvalue weighted by atomic mass is 9.75. The van der Waals surface area contributed by atoms with E-state index in [1.807, 2.05) is 0 Å². The molecule has 0 aromatic carbocycles. The van der Waals surface area contributed by atoms with Gasteiger partial charge < -0.3 is 10.2 Å². The minimum atomic E-state index is 0.579. The lowest BCUT2D eigenvalue weighted by Gasteiger charge is -2.38. The van der Waals surface area contributed by atoms with E-state index >= 15 is 0 Å².